The summed E-state index contributed by atoms with van der Waals surface area (Å²) in [5.41, 5.74) is 0. The van der Waals surface area contributed by atoms with Crippen molar-refractivity contribution in [2.45, 2.75) is 49.3 Å². The van der Waals surface area contributed by atoms with Crippen molar-refractivity contribution in [1.29, 1.82) is 0 Å². The maximum Gasteiger partial charge on any atom is 0.303 e. The van der Waals surface area contributed by atoms with Crippen LogP contribution in [0.25, 0.3) is 0 Å². The van der Waals surface area contributed by atoms with Crippen molar-refractivity contribution in [1.82, 2.24) is 0 Å². The Kier molecular flexibility index (Phi) is 8.74. The quantitative estimate of drug-likeness (QED) is 0.309. The maximum atomic E-state index is 14.3. The Morgan fingerprint density at radius 1 is 1.23 bits per heavy atom. The normalized spacial score (nSPS) is 25.8. The Morgan fingerprint density at radius 2 is 1.92 bits per heavy atom. The van der Waals surface area contributed by atoms with Gasteiger partial charge in [-0.3, -0.25) is 4.79 Å². The van der Waals surface area contributed by atoms with Crippen molar-refractivity contribution in [3.63, 3.8) is 0 Å². The second-order valence-electron chi connectivity index (χ2n) is 6.56. The average molecular weight is 421 g/mol. The highest BCUT2D eigenvalue weighted by Gasteiger charge is 2.41. The summed E-state index contributed by atoms with van der Waals surface area (Å²) in [6.07, 6.45) is 4.23. The van der Waals surface area contributed by atoms with Crippen molar-refractivity contribution < 1.29 is 19.4 Å². The minimum absolute atomic E-state index is 0.139. The number of hydrogen-bond acceptors (Lipinski definition) is 3. The van der Waals surface area contributed by atoms with Crippen molar-refractivity contribution in [2.24, 2.45) is 11.8 Å². The Balaban J connectivity index is 1.88. The summed E-state index contributed by atoms with van der Waals surface area (Å²) in [6, 6.07) is 5.28. The number of unbranched alkanes of at least 4 members (excludes halogenated alkanes) is 1. The minimum Gasteiger partial charge on any atom is -0.481 e. The smallest absolute Gasteiger partial charge is 0.303 e. The molecule has 26 heavy (non-hydrogen) atoms. The molecule has 0 saturated heterocycles. The van der Waals surface area contributed by atoms with Gasteiger partial charge in [-0.15, -0.1) is 11.8 Å². The predicted octanol–water partition coefficient (Wildman–Crippen LogP) is 5.62. The van der Waals surface area contributed by atoms with Gasteiger partial charge >= 0.3 is 5.97 Å². The van der Waals surface area contributed by atoms with E-state index in [0.29, 0.717) is 35.1 Å². The molecule has 2 N–H and O–H groups in total. The Morgan fingerprint density at radius 3 is 2.58 bits per heavy atom. The zero-order chi connectivity index (χ0) is 19.1. The molecular formula is C19H23Cl2FO3S. The highest BCUT2D eigenvalue weighted by Crippen LogP contribution is 2.40. The first kappa shape index (κ1) is 21.5. The second kappa shape index (κ2) is 10.5. The fourth-order valence-electron chi connectivity index (χ4n) is 3.24. The molecule has 1 aliphatic rings. The third-order valence-electron chi connectivity index (χ3n) is 4.59. The van der Waals surface area contributed by atoms with Gasteiger partial charge in [0.05, 0.1) is 6.10 Å². The van der Waals surface area contributed by atoms with Gasteiger partial charge < -0.3 is 10.2 Å². The number of aliphatic hydroxyl groups excluding tert-OH is 1. The molecule has 7 heteroatoms. The molecule has 0 spiro atoms. The Bertz CT molecular complexity index is 621. The van der Waals surface area contributed by atoms with Crippen molar-refractivity contribution in [3.05, 3.63) is 40.4 Å². The van der Waals surface area contributed by atoms with Crippen LogP contribution in [0.5, 0.6) is 0 Å². The second-order valence-corrected chi connectivity index (χ2v) is 8.52. The minimum atomic E-state index is -1.03. The summed E-state index contributed by atoms with van der Waals surface area (Å²) in [5, 5.41) is 19.9. The van der Waals surface area contributed by atoms with Crippen LogP contribution >= 0.6 is 35.0 Å². The van der Waals surface area contributed by atoms with Gasteiger partial charge in [-0.1, -0.05) is 35.4 Å². The van der Waals surface area contributed by atoms with Crippen LogP contribution in [0, 0.1) is 11.8 Å². The number of benzene rings is 1. The largest absolute Gasteiger partial charge is 0.481 e. The van der Waals surface area contributed by atoms with Crippen LogP contribution < -0.4 is 0 Å². The zero-order valence-corrected chi connectivity index (χ0v) is 16.6. The van der Waals surface area contributed by atoms with E-state index in [1.54, 1.807) is 6.07 Å². The average Bonchev–Trinajstić information content (AvgIpc) is 2.81. The summed E-state index contributed by atoms with van der Waals surface area (Å²) in [4.78, 5) is 11.4. The van der Waals surface area contributed by atoms with Crippen molar-refractivity contribution in [3.8, 4) is 0 Å². The third-order valence-corrected chi connectivity index (χ3v) is 6.15. The first-order valence-corrected chi connectivity index (χ1v) is 10.4. The van der Waals surface area contributed by atoms with E-state index < -0.39 is 18.2 Å². The topological polar surface area (TPSA) is 57.5 Å². The fourth-order valence-corrected chi connectivity index (χ4v) is 5.17. The van der Waals surface area contributed by atoms with Gasteiger partial charge in [0.25, 0.3) is 0 Å². The number of halogens is 3. The van der Waals surface area contributed by atoms with Gasteiger partial charge in [0, 0.05) is 39.5 Å². The molecule has 1 saturated carbocycles. The number of carboxylic acid groups (broad SMARTS) is 1. The number of thioether (sulfide) groups is 1. The lowest BCUT2D eigenvalue weighted by Gasteiger charge is -2.21. The lowest BCUT2D eigenvalue weighted by atomic mass is 9.92. The first-order chi connectivity index (χ1) is 12.4. The standard InChI is InChI=1S/C19H23Cl2FO3S/c20-12-7-13(21)9-14(8-12)26-11-16-15(17(22)10-18(16)23)5-3-1-2-4-6-19(24)25/h1,3,7-9,15-18,23H,2,4-6,10-11H2,(H,24,25)/b3-1-/t15-,16-,17?,18?/m1/s1. The van der Waals surface area contributed by atoms with Crippen LogP contribution in [-0.2, 0) is 4.79 Å². The van der Waals surface area contributed by atoms with E-state index in [1.807, 2.05) is 24.3 Å². The van der Waals surface area contributed by atoms with Gasteiger partial charge in [0.2, 0.25) is 0 Å². The molecule has 4 atom stereocenters. The van der Waals surface area contributed by atoms with Gasteiger partial charge in [-0.2, -0.15) is 0 Å². The highest BCUT2D eigenvalue weighted by atomic mass is 35.5. The molecule has 0 amide bonds. The molecule has 1 aromatic rings. The monoisotopic (exact) mass is 420 g/mol. The molecule has 0 bridgehead atoms. The molecule has 1 aliphatic carbocycles. The van der Waals surface area contributed by atoms with Crippen LogP contribution in [0.3, 0.4) is 0 Å². The lowest BCUT2D eigenvalue weighted by molar-refractivity contribution is -0.137. The van der Waals surface area contributed by atoms with E-state index in [2.05, 4.69) is 0 Å². The first-order valence-electron chi connectivity index (χ1n) is 8.64. The number of hydrogen-bond donors (Lipinski definition) is 2. The summed E-state index contributed by atoms with van der Waals surface area (Å²) >= 11 is 13.5. The molecule has 144 valence electrons. The summed E-state index contributed by atoms with van der Waals surface area (Å²) in [6.45, 7) is 0. The molecule has 2 unspecified atom stereocenters. The number of carboxylic acids is 1. The van der Waals surface area contributed by atoms with Crippen LogP contribution in [0.15, 0.2) is 35.2 Å². The molecule has 0 aliphatic heterocycles. The summed E-state index contributed by atoms with van der Waals surface area (Å²) in [5.74, 6) is -0.589. The van der Waals surface area contributed by atoms with Crippen LogP contribution in [0.2, 0.25) is 10.0 Å². The zero-order valence-electron chi connectivity index (χ0n) is 14.3. The molecular weight excluding hydrogens is 398 g/mol. The Labute approximate surface area is 167 Å². The highest BCUT2D eigenvalue weighted by molar-refractivity contribution is 7.99. The molecule has 3 nitrogen and oxygen atoms in total. The van der Waals surface area contributed by atoms with Gasteiger partial charge in [0.1, 0.15) is 6.17 Å². The number of aliphatic carboxylic acids is 1. The van der Waals surface area contributed by atoms with Gasteiger partial charge in [0.15, 0.2) is 0 Å². The molecule has 0 heterocycles. The van der Waals surface area contributed by atoms with E-state index in [0.717, 1.165) is 4.90 Å². The van der Waals surface area contributed by atoms with E-state index in [9.17, 15) is 14.3 Å². The van der Waals surface area contributed by atoms with Crippen LogP contribution in [0.1, 0.15) is 32.1 Å². The maximum absolute atomic E-state index is 14.3. The van der Waals surface area contributed by atoms with Crippen molar-refractivity contribution in [2.75, 3.05) is 5.75 Å². The molecule has 2 rings (SSSR count). The van der Waals surface area contributed by atoms with Crippen LogP contribution in [0.4, 0.5) is 4.39 Å². The van der Waals surface area contributed by atoms with E-state index in [-0.39, 0.29) is 24.7 Å². The molecule has 1 fully saturated rings. The number of allylic oxidation sites excluding steroid dienone is 2. The fraction of sp³-hybridized carbons (Fsp3) is 0.526. The predicted molar refractivity (Wildman–Crippen MR) is 105 cm³/mol. The lowest BCUT2D eigenvalue weighted by Crippen LogP contribution is -2.23. The summed E-state index contributed by atoms with van der Waals surface area (Å²) in [7, 11) is 0. The molecule has 0 aromatic heterocycles. The third kappa shape index (κ3) is 6.76. The van der Waals surface area contributed by atoms with E-state index >= 15 is 0 Å². The van der Waals surface area contributed by atoms with E-state index in [4.69, 9.17) is 28.3 Å². The number of aliphatic hydroxyl groups is 1. The molecule has 0 radical (unpaired) electrons. The number of alkyl halides is 1. The number of rotatable bonds is 9. The SMILES string of the molecule is O=C(O)CCC/C=C\C[C@H]1C(F)CC(O)[C@@H]1CSc1cc(Cl)cc(Cl)c1. The van der Waals surface area contributed by atoms with Gasteiger partial charge in [-0.25, -0.2) is 4.39 Å². The Hall–Kier alpha value is -0.750. The molecule has 1 aromatic carbocycles. The summed E-state index contributed by atoms with van der Waals surface area (Å²) < 4.78 is 14.3. The number of carbonyl (C=O) groups is 1. The van der Waals surface area contributed by atoms with Crippen LogP contribution in [-0.4, -0.2) is 34.2 Å². The van der Waals surface area contributed by atoms with E-state index in [1.165, 1.54) is 11.8 Å². The van der Waals surface area contributed by atoms with Gasteiger partial charge in [-0.05, 0) is 43.4 Å². The van der Waals surface area contributed by atoms with Crippen molar-refractivity contribution >= 4 is 40.9 Å².